The van der Waals surface area contributed by atoms with Crippen molar-refractivity contribution in [1.82, 2.24) is 0 Å². The summed E-state index contributed by atoms with van der Waals surface area (Å²) in [6.45, 7) is 6.86. The first-order valence-corrected chi connectivity index (χ1v) is 8.31. The first kappa shape index (κ1) is 15.6. The Hall–Kier alpha value is -0.820. The van der Waals surface area contributed by atoms with E-state index in [0.717, 1.165) is 18.4 Å². The fraction of sp³-hybridized carbons (Fsp3) is 0.684. The van der Waals surface area contributed by atoms with Crippen molar-refractivity contribution in [1.29, 1.82) is 0 Å². The smallest absolute Gasteiger partial charge is 0.0823 e. The van der Waals surface area contributed by atoms with Gasteiger partial charge >= 0.3 is 0 Å². The van der Waals surface area contributed by atoms with Crippen molar-refractivity contribution in [3.05, 3.63) is 35.4 Å². The molecule has 20 heavy (non-hydrogen) atoms. The van der Waals surface area contributed by atoms with E-state index in [0.29, 0.717) is 5.92 Å². The number of hydrogen-bond donors (Lipinski definition) is 1. The number of hydrogen-bond acceptors (Lipinski definition) is 1. The highest BCUT2D eigenvalue weighted by Crippen LogP contribution is 2.46. The van der Waals surface area contributed by atoms with Crippen LogP contribution < -0.4 is 0 Å². The largest absolute Gasteiger partial charge is 0.388 e. The van der Waals surface area contributed by atoms with Crippen molar-refractivity contribution in [3.8, 4) is 0 Å². The van der Waals surface area contributed by atoms with E-state index in [1.54, 1.807) is 0 Å². The molecule has 1 fully saturated rings. The highest BCUT2D eigenvalue weighted by molar-refractivity contribution is 5.25. The van der Waals surface area contributed by atoms with Gasteiger partial charge in [0, 0.05) is 0 Å². The summed E-state index contributed by atoms with van der Waals surface area (Å²) in [5, 5.41) is 10.7. The molecule has 0 heterocycles. The van der Waals surface area contributed by atoms with Crippen LogP contribution in [0.3, 0.4) is 0 Å². The van der Waals surface area contributed by atoms with E-state index < -0.39 is 0 Å². The average molecular weight is 274 g/mol. The number of aliphatic hydroxyl groups is 1. The van der Waals surface area contributed by atoms with Crippen molar-refractivity contribution in [2.45, 2.75) is 71.8 Å². The minimum Gasteiger partial charge on any atom is -0.388 e. The van der Waals surface area contributed by atoms with Gasteiger partial charge in [0.1, 0.15) is 0 Å². The van der Waals surface area contributed by atoms with Gasteiger partial charge in [0.2, 0.25) is 0 Å². The number of rotatable bonds is 5. The maximum atomic E-state index is 10.7. The molecule has 1 aliphatic carbocycles. The van der Waals surface area contributed by atoms with Gasteiger partial charge in [-0.2, -0.15) is 0 Å². The maximum Gasteiger partial charge on any atom is 0.0823 e. The molecule has 1 aromatic rings. The lowest BCUT2D eigenvalue weighted by molar-refractivity contribution is 0.00385. The predicted octanol–water partition coefficient (Wildman–Crippen LogP) is 5.28. The van der Waals surface area contributed by atoms with Crippen LogP contribution in [-0.4, -0.2) is 5.11 Å². The van der Waals surface area contributed by atoms with Gasteiger partial charge in [0.25, 0.3) is 0 Å². The molecule has 1 saturated carbocycles. The number of benzene rings is 1. The van der Waals surface area contributed by atoms with Gasteiger partial charge in [-0.05, 0) is 48.1 Å². The van der Waals surface area contributed by atoms with E-state index in [1.807, 2.05) is 0 Å². The third kappa shape index (κ3) is 3.63. The summed E-state index contributed by atoms with van der Waals surface area (Å²) in [7, 11) is 0. The third-order valence-corrected chi connectivity index (χ3v) is 5.11. The normalized spacial score (nSPS) is 23.5. The summed E-state index contributed by atoms with van der Waals surface area (Å²) in [5.41, 5.74) is 2.76. The van der Waals surface area contributed by atoms with Crippen LogP contribution >= 0.6 is 0 Å². The third-order valence-electron chi connectivity index (χ3n) is 5.11. The molecule has 1 aliphatic rings. The topological polar surface area (TPSA) is 20.2 Å². The Morgan fingerprint density at radius 1 is 1.20 bits per heavy atom. The molecule has 0 spiro atoms. The summed E-state index contributed by atoms with van der Waals surface area (Å²) < 4.78 is 0. The molecule has 0 saturated heterocycles. The van der Waals surface area contributed by atoms with E-state index >= 15 is 0 Å². The quantitative estimate of drug-likeness (QED) is 0.774. The summed E-state index contributed by atoms with van der Waals surface area (Å²) in [6, 6.07) is 8.68. The highest BCUT2D eigenvalue weighted by atomic mass is 16.3. The zero-order chi connectivity index (χ0) is 14.6. The van der Waals surface area contributed by atoms with Gasteiger partial charge in [-0.3, -0.25) is 0 Å². The first-order valence-electron chi connectivity index (χ1n) is 8.31. The van der Waals surface area contributed by atoms with Crippen molar-refractivity contribution < 1.29 is 5.11 Å². The monoisotopic (exact) mass is 274 g/mol. The van der Waals surface area contributed by atoms with E-state index in [-0.39, 0.29) is 11.5 Å². The molecule has 112 valence electrons. The van der Waals surface area contributed by atoms with Crippen LogP contribution in [0, 0.1) is 11.3 Å². The van der Waals surface area contributed by atoms with Gasteiger partial charge in [-0.25, -0.2) is 0 Å². The summed E-state index contributed by atoms with van der Waals surface area (Å²) in [5.74, 6) is 0.401. The molecule has 2 unspecified atom stereocenters. The second-order valence-corrected chi connectivity index (χ2v) is 7.13. The Labute approximate surface area is 124 Å². The molecular weight excluding hydrogens is 244 g/mol. The second kappa shape index (κ2) is 6.76. The Balaban J connectivity index is 2.06. The van der Waals surface area contributed by atoms with Crippen LogP contribution in [0.2, 0.25) is 0 Å². The average Bonchev–Trinajstić information content (AvgIpc) is 2.44. The van der Waals surface area contributed by atoms with Crippen LogP contribution in [0.5, 0.6) is 0 Å². The fourth-order valence-corrected chi connectivity index (χ4v) is 3.60. The summed E-state index contributed by atoms with van der Waals surface area (Å²) in [6.07, 6.45) is 8.31. The van der Waals surface area contributed by atoms with Crippen molar-refractivity contribution >= 4 is 0 Å². The van der Waals surface area contributed by atoms with Gasteiger partial charge in [-0.15, -0.1) is 0 Å². The number of aliphatic hydroxyl groups excluding tert-OH is 1. The molecule has 0 bridgehead atoms. The standard InChI is InChI=1S/C19H30O/c1-4-5-8-15-10-12-16(13-11-15)18(20)17-9-6-7-14-19(17,2)3/h10-13,17-18,20H,4-9,14H2,1-3H3. The van der Waals surface area contributed by atoms with Gasteiger partial charge in [0.05, 0.1) is 6.10 Å². The second-order valence-electron chi connectivity index (χ2n) is 7.13. The lowest BCUT2D eigenvalue weighted by Crippen LogP contribution is -2.32. The Morgan fingerprint density at radius 3 is 2.50 bits per heavy atom. The molecular formula is C19H30O. The minimum absolute atomic E-state index is 0.262. The van der Waals surface area contributed by atoms with Crippen molar-refractivity contribution in [2.75, 3.05) is 0 Å². The highest BCUT2D eigenvalue weighted by Gasteiger charge is 2.37. The van der Waals surface area contributed by atoms with E-state index in [1.165, 1.54) is 37.7 Å². The van der Waals surface area contributed by atoms with Crippen LogP contribution in [0.25, 0.3) is 0 Å². The molecule has 0 amide bonds. The van der Waals surface area contributed by atoms with Crippen LogP contribution in [-0.2, 0) is 6.42 Å². The lowest BCUT2D eigenvalue weighted by atomic mass is 9.65. The van der Waals surface area contributed by atoms with E-state index in [4.69, 9.17) is 0 Å². The van der Waals surface area contributed by atoms with E-state index in [9.17, 15) is 5.11 Å². The van der Waals surface area contributed by atoms with Crippen LogP contribution in [0.15, 0.2) is 24.3 Å². The maximum absolute atomic E-state index is 10.7. The Morgan fingerprint density at radius 2 is 1.90 bits per heavy atom. The molecule has 0 aromatic heterocycles. The summed E-state index contributed by atoms with van der Waals surface area (Å²) in [4.78, 5) is 0. The number of unbranched alkanes of at least 4 members (excludes halogenated alkanes) is 1. The lowest BCUT2D eigenvalue weighted by Gasteiger charge is -2.41. The first-order chi connectivity index (χ1) is 9.54. The zero-order valence-electron chi connectivity index (χ0n) is 13.4. The molecule has 1 aromatic carbocycles. The van der Waals surface area contributed by atoms with Crippen LogP contribution in [0.1, 0.15) is 76.5 Å². The molecule has 1 nitrogen and oxygen atoms in total. The predicted molar refractivity (Wildman–Crippen MR) is 85.8 cm³/mol. The minimum atomic E-state index is -0.300. The molecule has 1 heteroatoms. The Kier molecular flexibility index (Phi) is 5.26. The van der Waals surface area contributed by atoms with Crippen molar-refractivity contribution in [3.63, 3.8) is 0 Å². The molecule has 1 N–H and O–H groups in total. The van der Waals surface area contributed by atoms with Gasteiger partial charge < -0.3 is 5.11 Å². The molecule has 2 atom stereocenters. The van der Waals surface area contributed by atoms with Gasteiger partial charge in [0.15, 0.2) is 0 Å². The molecule has 2 rings (SSSR count). The summed E-state index contributed by atoms with van der Waals surface area (Å²) >= 11 is 0. The Bertz CT molecular complexity index is 404. The SMILES string of the molecule is CCCCc1ccc(C(O)C2CCCCC2(C)C)cc1. The van der Waals surface area contributed by atoms with Crippen molar-refractivity contribution in [2.24, 2.45) is 11.3 Å². The van der Waals surface area contributed by atoms with Gasteiger partial charge in [-0.1, -0.05) is 64.3 Å². The fourth-order valence-electron chi connectivity index (χ4n) is 3.60. The zero-order valence-corrected chi connectivity index (χ0v) is 13.4. The molecule has 0 aliphatic heterocycles. The molecule has 0 radical (unpaired) electrons. The number of aryl methyl sites for hydroxylation is 1. The van der Waals surface area contributed by atoms with E-state index in [2.05, 4.69) is 45.0 Å². The van der Waals surface area contributed by atoms with Crippen LogP contribution in [0.4, 0.5) is 0 Å².